The van der Waals surface area contributed by atoms with Crippen molar-refractivity contribution in [3.8, 4) is 5.88 Å². The predicted octanol–water partition coefficient (Wildman–Crippen LogP) is 4.16. The zero-order valence-corrected chi connectivity index (χ0v) is 14.1. The van der Waals surface area contributed by atoms with Gasteiger partial charge in [0, 0.05) is 11.6 Å². The lowest BCUT2D eigenvalue weighted by molar-refractivity contribution is -0.141. The van der Waals surface area contributed by atoms with Crippen molar-refractivity contribution in [3.63, 3.8) is 0 Å². The van der Waals surface area contributed by atoms with Crippen LogP contribution < -0.4 is 4.74 Å². The lowest BCUT2D eigenvalue weighted by Gasteiger charge is -2.38. The number of fused-ring (bicyclic) bond motifs is 1. The molecule has 1 fully saturated rings. The van der Waals surface area contributed by atoms with Gasteiger partial charge in [-0.25, -0.2) is 4.98 Å². The molecular formula is C20H15F3N2O2. The third-order valence-electron chi connectivity index (χ3n) is 4.46. The minimum Gasteiger partial charge on any atom is -0.471 e. The summed E-state index contributed by atoms with van der Waals surface area (Å²) in [5.41, 5.74) is -0.397. The number of benzene rings is 2. The van der Waals surface area contributed by atoms with Crippen LogP contribution >= 0.6 is 0 Å². The summed E-state index contributed by atoms with van der Waals surface area (Å²) in [6.45, 7) is 0.611. The largest absolute Gasteiger partial charge is 0.471 e. The molecule has 0 aliphatic carbocycles. The molecular weight excluding hydrogens is 357 g/mol. The average molecular weight is 372 g/mol. The standard InChI is InChI=1S/C20H15F3N2O2/c21-20(22,23)17-9-4-10-18(24-17)27-14-11-25(12-14)19(26)16-8-3-6-13-5-1-2-7-15(13)16/h1-10,14H,11-12H2. The van der Waals surface area contributed by atoms with E-state index < -0.39 is 11.9 Å². The second-order valence-electron chi connectivity index (χ2n) is 6.34. The Morgan fingerprint density at radius 2 is 1.70 bits per heavy atom. The number of hydrogen-bond acceptors (Lipinski definition) is 3. The number of hydrogen-bond donors (Lipinski definition) is 0. The number of carbonyl (C=O) groups is 1. The molecule has 1 aliphatic rings. The van der Waals surface area contributed by atoms with Crippen molar-refractivity contribution in [1.82, 2.24) is 9.88 Å². The van der Waals surface area contributed by atoms with Crippen molar-refractivity contribution in [2.75, 3.05) is 13.1 Å². The molecule has 0 saturated carbocycles. The van der Waals surface area contributed by atoms with Gasteiger partial charge in [0.1, 0.15) is 11.8 Å². The van der Waals surface area contributed by atoms with Gasteiger partial charge >= 0.3 is 6.18 Å². The maximum absolute atomic E-state index is 12.7. The Hall–Kier alpha value is -3.09. The number of carbonyl (C=O) groups excluding carboxylic acids is 1. The molecule has 1 amide bonds. The molecule has 138 valence electrons. The summed E-state index contributed by atoms with van der Waals surface area (Å²) >= 11 is 0. The second kappa shape index (κ2) is 6.57. The molecule has 4 nitrogen and oxygen atoms in total. The summed E-state index contributed by atoms with van der Waals surface area (Å²) in [4.78, 5) is 17.8. The molecule has 3 aromatic rings. The molecule has 0 unspecified atom stereocenters. The molecule has 7 heteroatoms. The van der Waals surface area contributed by atoms with E-state index in [2.05, 4.69) is 4.98 Å². The minimum atomic E-state index is -4.52. The summed E-state index contributed by atoms with van der Waals surface area (Å²) in [6, 6.07) is 16.7. The molecule has 0 N–H and O–H groups in total. The van der Waals surface area contributed by atoms with E-state index in [1.54, 1.807) is 11.0 Å². The van der Waals surface area contributed by atoms with Crippen LogP contribution in [0.3, 0.4) is 0 Å². The van der Waals surface area contributed by atoms with Crippen molar-refractivity contribution in [3.05, 3.63) is 71.9 Å². The van der Waals surface area contributed by atoms with Crippen molar-refractivity contribution in [1.29, 1.82) is 0 Å². The van der Waals surface area contributed by atoms with Crippen LogP contribution in [0.2, 0.25) is 0 Å². The first-order chi connectivity index (χ1) is 12.9. The summed E-state index contributed by atoms with van der Waals surface area (Å²) in [5, 5.41) is 1.85. The smallest absolute Gasteiger partial charge is 0.433 e. The number of halogens is 3. The lowest BCUT2D eigenvalue weighted by Crippen LogP contribution is -2.56. The molecule has 1 aliphatic heterocycles. The highest BCUT2D eigenvalue weighted by Gasteiger charge is 2.35. The molecule has 0 atom stereocenters. The summed E-state index contributed by atoms with van der Waals surface area (Å²) in [5.74, 6) is -0.212. The monoisotopic (exact) mass is 372 g/mol. The van der Waals surface area contributed by atoms with E-state index in [1.165, 1.54) is 12.1 Å². The fourth-order valence-corrected chi connectivity index (χ4v) is 3.07. The molecule has 1 aromatic heterocycles. The van der Waals surface area contributed by atoms with Gasteiger partial charge in [-0.05, 0) is 22.9 Å². The molecule has 0 bridgehead atoms. The van der Waals surface area contributed by atoms with Crippen LogP contribution in [0.15, 0.2) is 60.7 Å². The van der Waals surface area contributed by atoms with Crippen LogP contribution in [-0.2, 0) is 6.18 Å². The van der Waals surface area contributed by atoms with Gasteiger partial charge in [-0.3, -0.25) is 4.79 Å². The van der Waals surface area contributed by atoms with Crippen molar-refractivity contribution in [2.45, 2.75) is 12.3 Å². The Balaban J connectivity index is 1.43. The van der Waals surface area contributed by atoms with Gasteiger partial charge in [-0.2, -0.15) is 13.2 Å². The Bertz CT molecular complexity index is 992. The van der Waals surface area contributed by atoms with E-state index in [1.807, 2.05) is 36.4 Å². The second-order valence-corrected chi connectivity index (χ2v) is 6.34. The van der Waals surface area contributed by atoms with Crippen LogP contribution in [0, 0.1) is 0 Å². The zero-order chi connectivity index (χ0) is 19.0. The quantitative estimate of drug-likeness (QED) is 0.693. The van der Waals surface area contributed by atoms with Crippen LogP contribution in [-0.4, -0.2) is 35.0 Å². The number of amides is 1. The van der Waals surface area contributed by atoms with Gasteiger partial charge in [0.15, 0.2) is 0 Å². The summed E-state index contributed by atoms with van der Waals surface area (Å²) < 4.78 is 43.6. The van der Waals surface area contributed by atoms with E-state index in [0.717, 1.165) is 16.8 Å². The number of aromatic nitrogens is 1. The Kier molecular flexibility index (Phi) is 4.22. The van der Waals surface area contributed by atoms with Gasteiger partial charge in [0.2, 0.25) is 5.88 Å². The molecule has 4 rings (SSSR count). The molecule has 0 spiro atoms. The number of likely N-dealkylation sites (tertiary alicyclic amines) is 1. The first-order valence-electron chi connectivity index (χ1n) is 8.40. The molecule has 27 heavy (non-hydrogen) atoms. The van der Waals surface area contributed by atoms with Crippen LogP contribution in [0.1, 0.15) is 16.1 Å². The Morgan fingerprint density at radius 3 is 2.48 bits per heavy atom. The summed E-state index contributed by atoms with van der Waals surface area (Å²) in [6.07, 6.45) is -4.89. The third-order valence-corrected chi connectivity index (χ3v) is 4.46. The highest BCUT2D eigenvalue weighted by Crippen LogP contribution is 2.29. The fraction of sp³-hybridized carbons (Fsp3) is 0.200. The average Bonchev–Trinajstić information content (AvgIpc) is 2.63. The molecule has 2 heterocycles. The minimum absolute atomic E-state index is 0.0907. The highest BCUT2D eigenvalue weighted by molar-refractivity contribution is 6.07. The van der Waals surface area contributed by atoms with Gasteiger partial charge in [0.25, 0.3) is 5.91 Å². The number of pyridine rings is 1. The van der Waals surface area contributed by atoms with Gasteiger partial charge in [-0.15, -0.1) is 0 Å². The highest BCUT2D eigenvalue weighted by atomic mass is 19.4. The molecule has 0 radical (unpaired) electrons. The van der Waals surface area contributed by atoms with Crippen LogP contribution in [0.25, 0.3) is 10.8 Å². The van der Waals surface area contributed by atoms with Crippen molar-refractivity contribution < 1.29 is 22.7 Å². The SMILES string of the molecule is O=C(c1cccc2ccccc12)N1CC(Oc2cccc(C(F)(F)F)n2)C1. The fourth-order valence-electron chi connectivity index (χ4n) is 3.07. The maximum atomic E-state index is 12.7. The van der Waals surface area contributed by atoms with E-state index >= 15 is 0 Å². The zero-order valence-electron chi connectivity index (χ0n) is 14.1. The maximum Gasteiger partial charge on any atom is 0.433 e. The van der Waals surface area contributed by atoms with Gasteiger partial charge in [0.05, 0.1) is 13.1 Å². The van der Waals surface area contributed by atoms with E-state index in [-0.39, 0.29) is 17.9 Å². The number of rotatable bonds is 3. The molecule has 2 aromatic carbocycles. The van der Waals surface area contributed by atoms with E-state index in [0.29, 0.717) is 18.7 Å². The Morgan fingerprint density at radius 1 is 1.00 bits per heavy atom. The van der Waals surface area contributed by atoms with Gasteiger partial charge < -0.3 is 9.64 Å². The normalized spacial score (nSPS) is 14.9. The van der Waals surface area contributed by atoms with Crippen molar-refractivity contribution >= 4 is 16.7 Å². The van der Waals surface area contributed by atoms with Gasteiger partial charge in [-0.1, -0.05) is 42.5 Å². The predicted molar refractivity (Wildman–Crippen MR) is 93.5 cm³/mol. The van der Waals surface area contributed by atoms with Crippen LogP contribution in [0.5, 0.6) is 5.88 Å². The topological polar surface area (TPSA) is 42.4 Å². The van der Waals surface area contributed by atoms with Crippen molar-refractivity contribution in [2.24, 2.45) is 0 Å². The third kappa shape index (κ3) is 3.45. The number of nitrogens with zero attached hydrogens (tertiary/aromatic N) is 2. The molecule has 1 saturated heterocycles. The number of alkyl halides is 3. The lowest BCUT2D eigenvalue weighted by atomic mass is 10.0. The Labute approximate surface area is 153 Å². The first kappa shape index (κ1) is 17.3. The van der Waals surface area contributed by atoms with E-state index in [9.17, 15) is 18.0 Å². The first-order valence-corrected chi connectivity index (χ1v) is 8.40. The van der Waals surface area contributed by atoms with Crippen LogP contribution in [0.4, 0.5) is 13.2 Å². The number of ether oxygens (including phenoxy) is 1. The summed E-state index contributed by atoms with van der Waals surface area (Å²) in [7, 11) is 0. The van der Waals surface area contributed by atoms with E-state index in [4.69, 9.17) is 4.74 Å².